The highest BCUT2D eigenvalue weighted by molar-refractivity contribution is 6.31. The molecule has 0 saturated heterocycles. The number of tetrazole rings is 1. The molecule has 0 unspecified atom stereocenters. The fraction of sp³-hybridized carbons (Fsp3) is 0.120. The zero-order valence-electron chi connectivity index (χ0n) is 17.9. The van der Waals surface area contributed by atoms with Gasteiger partial charge in [-0.1, -0.05) is 83.4 Å². The summed E-state index contributed by atoms with van der Waals surface area (Å²) in [5.41, 5.74) is 4.50. The Morgan fingerprint density at radius 2 is 1.76 bits per heavy atom. The van der Waals surface area contributed by atoms with Crippen molar-refractivity contribution in [3.63, 3.8) is 0 Å². The van der Waals surface area contributed by atoms with E-state index in [1.807, 2.05) is 78.6 Å². The summed E-state index contributed by atoms with van der Waals surface area (Å²) in [5.74, 6) is 0.304. The van der Waals surface area contributed by atoms with Gasteiger partial charge in [0.25, 0.3) is 5.95 Å². The highest BCUT2D eigenvalue weighted by Crippen LogP contribution is 2.36. The topological polar surface area (TPSA) is 75.9 Å². The Kier molecular flexibility index (Phi) is 5.62. The fourth-order valence-electron chi connectivity index (χ4n) is 3.93. The molecule has 0 saturated carbocycles. The molecule has 7 nitrogen and oxygen atoms in total. The largest absolute Gasteiger partial charge is 0.324 e. The van der Waals surface area contributed by atoms with Crippen molar-refractivity contribution in [1.82, 2.24) is 20.2 Å². The summed E-state index contributed by atoms with van der Waals surface area (Å²) >= 11 is 6.12. The van der Waals surface area contributed by atoms with E-state index in [0.717, 1.165) is 22.4 Å². The molecule has 1 aromatic heterocycles. The highest BCUT2D eigenvalue weighted by atomic mass is 35.5. The number of halogens is 1. The molecule has 0 radical (unpaired) electrons. The maximum absolute atomic E-state index is 13.1. The summed E-state index contributed by atoms with van der Waals surface area (Å²) in [5, 5.41) is 15.9. The Balaban J connectivity index is 1.53. The summed E-state index contributed by atoms with van der Waals surface area (Å²) in [6, 6.07) is 25.2. The van der Waals surface area contributed by atoms with E-state index in [1.165, 1.54) is 0 Å². The molecule has 1 N–H and O–H groups in total. The number of anilines is 2. The first kappa shape index (κ1) is 20.9. The molecule has 0 fully saturated rings. The molecule has 1 aliphatic heterocycles. The third-order valence-electron chi connectivity index (χ3n) is 5.57. The van der Waals surface area contributed by atoms with Gasteiger partial charge in [0.15, 0.2) is 0 Å². The molecule has 0 spiro atoms. The van der Waals surface area contributed by atoms with Crippen molar-refractivity contribution in [1.29, 1.82) is 0 Å². The zero-order valence-corrected chi connectivity index (χ0v) is 18.6. The number of benzene rings is 3. The quantitative estimate of drug-likeness (QED) is 0.470. The lowest BCUT2D eigenvalue weighted by atomic mass is 10.0. The van der Waals surface area contributed by atoms with Gasteiger partial charge >= 0.3 is 0 Å². The van der Waals surface area contributed by atoms with Crippen LogP contribution in [0.15, 0.2) is 84.9 Å². The maximum Gasteiger partial charge on any atom is 0.251 e. The van der Waals surface area contributed by atoms with Gasteiger partial charge in [0, 0.05) is 10.7 Å². The molecule has 164 valence electrons. The molecule has 1 amide bonds. The number of hydrogen-bond acceptors (Lipinski definition) is 5. The SMILES string of the molecule is Cc1ccc(Cl)cc1NC(=O)CN1C(c2ccccc2)=C[C@H](c2ccccc2)n2nnnc21. The predicted molar refractivity (Wildman–Crippen MR) is 129 cm³/mol. The molecular formula is C25H21ClN6O. The van der Waals surface area contributed by atoms with Crippen LogP contribution in [0.5, 0.6) is 0 Å². The molecule has 1 aliphatic rings. The van der Waals surface area contributed by atoms with E-state index in [1.54, 1.807) is 16.8 Å². The van der Waals surface area contributed by atoms with Crippen molar-refractivity contribution in [2.75, 3.05) is 16.8 Å². The molecular weight excluding hydrogens is 436 g/mol. The third kappa shape index (κ3) is 4.23. The smallest absolute Gasteiger partial charge is 0.251 e. The van der Waals surface area contributed by atoms with Gasteiger partial charge < -0.3 is 5.32 Å². The average molecular weight is 457 g/mol. The average Bonchev–Trinajstić information content (AvgIpc) is 3.33. The second-order valence-corrected chi connectivity index (χ2v) is 8.23. The van der Waals surface area contributed by atoms with Crippen LogP contribution in [0.4, 0.5) is 11.6 Å². The van der Waals surface area contributed by atoms with Gasteiger partial charge in [-0.25, -0.2) is 0 Å². The molecule has 0 bridgehead atoms. The number of carbonyl (C=O) groups is 1. The van der Waals surface area contributed by atoms with E-state index in [4.69, 9.17) is 11.6 Å². The molecule has 2 heterocycles. The highest BCUT2D eigenvalue weighted by Gasteiger charge is 2.31. The zero-order chi connectivity index (χ0) is 22.8. The van der Waals surface area contributed by atoms with E-state index < -0.39 is 0 Å². The van der Waals surface area contributed by atoms with Gasteiger partial charge in [0.05, 0.1) is 5.70 Å². The van der Waals surface area contributed by atoms with Crippen LogP contribution < -0.4 is 10.2 Å². The Morgan fingerprint density at radius 1 is 1.03 bits per heavy atom. The summed E-state index contributed by atoms with van der Waals surface area (Å²) in [7, 11) is 0. The molecule has 1 atom stereocenters. The van der Waals surface area contributed by atoms with E-state index in [2.05, 4.69) is 26.9 Å². The Bertz CT molecular complexity index is 1320. The van der Waals surface area contributed by atoms with Gasteiger partial charge in [0.1, 0.15) is 12.6 Å². The molecule has 0 aliphatic carbocycles. The number of carbonyl (C=O) groups excluding carboxylic acids is 1. The number of fused-ring (bicyclic) bond motifs is 1. The van der Waals surface area contributed by atoms with E-state index in [-0.39, 0.29) is 18.5 Å². The van der Waals surface area contributed by atoms with Crippen LogP contribution in [0, 0.1) is 6.92 Å². The lowest BCUT2D eigenvalue weighted by Gasteiger charge is -2.32. The number of rotatable bonds is 5. The van der Waals surface area contributed by atoms with Gasteiger partial charge in [-0.15, -0.1) is 0 Å². The summed E-state index contributed by atoms with van der Waals surface area (Å²) in [6.45, 7) is 1.96. The molecule has 3 aromatic carbocycles. The van der Waals surface area contributed by atoms with Crippen molar-refractivity contribution in [3.8, 4) is 0 Å². The first-order valence-electron chi connectivity index (χ1n) is 10.5. The first-order chi connectivity index (χ1) is 16.1. The van der Waals surface area contributed by atoms with Crippen molar-refractivity contribution < 1.29 is 4.79 Å². The molecule has 8 heteroatoms. The minimum Gasteiger partial charge on any atom is -0.324 e. The van der Waals surface area contributed by atoms with Crippen LogP contribution in [0.1, 0.15) is 22.7 Å². The Labute approximate surface area is 196 Å². The fourth-order valence-corrected chi connectivity index (χ4v) is 4.10. The summed E-state index contributed by atoms with van der Waals surface area (Å²) in [6.07, 6.45) is 2.09. The number of nitrogens with one attached hydrogen (secondary N) is 1. The predicted octanol–water partition coefficient (Wildman–Crippen LogP) is 4.72. The molecule has 5 rings (SSSR count). The Hall–Kier alpha value is -3.97. The van der Waals surface area contributed by atoms with Gasteiger partial charge in [-0.3, -0.25) is 9.69 Å². The molecule has 4 aromatic rings. The van der Waals surface area contributed by atoms with Crippen LogP contribution in [-0.4, -0.2) is 32.7 Å². The monoisotopic (exact) mass is 456 g/mol. The van der Waals surface area contributed by atoms with Crippen molar-refractivity contribution in [2.24, 2.45) is 0 Å². The van der Waals surface area contributed by atoms with E-state index in [9.17, 15) is 4.79 Å². The standard InChI is InChI=1S/C25H21ClN6O/c1-17-12-13-20(26)14-21(17)27-24(33)16-31-22(18-8-4-2-5-9-18)15-23(19-10-6-3-7-11-19)32-25(31)28-29-30-32/h2-15,23H,16H2,1H3,(H,27,33)/t23-/m1/s1. The number of nitrogens with zero attached hydrogens (tertiary/aromatic N) is 5. The number of hydrogen-bond donors (Lipinski definition) is 1. The number of aryl methyl sites for hydroxylation is 1. The van der Waals surface area contributed by atoms with Crippen molar-refractivity contribution in [2.45, 2.75) is 13.0 Å². The van der Waals surface area contributed by atoms with Gasteiger partial charge in [-0.2, -0.15) is 4.68 Å². The van der Waals surface area contributed by atoms with Crippen molar-refractivity contribution >= 4 is 34.8 Å². The minimum atomic E-state index is -0.199. The van der Waals surface area contributed by atoms with E-state index in [0.29, 0.717) is 16.7 Å². The van der Waals surface area contributed by atoms with E-state index >= 15 is 0 Å². The summed E-state index contributed by atoms with van der Waals surface area (Å²) in [4.78, 5) is 14.9. The summed E-state index contributed by atoms with van der Waals surface area (Å²) < 4.78 is 1.74. The van der Waals surface area contributed by atoms with Crippen LogP contribution in [0.2, 0.25) is 5.02 Å². The first-order valence-corrected chi connectivity index (χ1v) is 10.9. The van der Waals surface area contributed by atoms with Gasteiger partial charge in [-0.05, 0) is 52.2 Å². The normalized spacial score (nSPS) is 15.0. The van der Waals surface area contributed by atoms with Crippen LogP contribution in [-0.2, 0) is 4.79 Å². The number of amides is 1. The lowest BCUT2D eigenvalue weighted by Crippen LogP contribution is -2.37. The van der Waals surface area contributed by atoms with Gasteiger partial charge in [0.2, 0.25) is 5.91 Å². The lowest BCUT2D eigenvalue weighted by molar-refractivity contribution is -0.114. The minimum absolute atomic E-state index is 0.0363. The second kappa shape index (κ2) is 8.88. The number of aromatic nitrogens is 4. The van der Waals surface area contributed by atoms with Crippen LogP contribution >= 0.6 is 11.6 Å². The van der Waals surface area contributed by atoms with Crippen LogP contribution in [0.25, 0.3) is 5.70 Å². The maximum atomic E-state index is 13.1. The number of allylic oxidation sites excluding steroid dienone is 1. The van der Waals surface area contributed by atoms with Crippen LogP contribution in [0.3, 0.4) is 0 Å². The second-order valence-electron chi connectivity index (χ2n) is 7.79. The van der Waals surface area contributed by atoms with Crippen molar-refractivity contribution in [3.05, 3.63) is 107 Å². The Morgan fingerprint density at radius 3 is 2.52 bits per heavy atom. The molecule has 33 heavy (non-hydrogen) atoms. The third-order valence-corrected chi connectivity index (χ3v) is 5.81.